The Hall–Kier alpha value is 1.62. The molecule has 2 unspecified atom stereocenters. The molecule has 2 saturated heterocycles. The molecule has 2 atom stereocenters. The van der Waals surface area contributed by atoms with Crippen molar-refractivity contribution in [1.29, 1.82) is 0 Å². The zero-order valence-corrected chi connectivity index (χ0v) is 30.8. The summed E-state index contributed by atoms with van der Waals surface area (Å²) in [5.74, 6) is 8.62. The van der Waals surface area contributed by atoms with Crippen LogP contribution in [-0.4, -0.2) is 75.9 Å². The third kappa shape index (κ3) is 10.3. The number of thioether (sulfide) groups is 8. The highest BCUT2D eigenvalue weighted by molar-refractivity contribution is 8.23. The van der Waals surface area contributed by atoms with Crippen molar-refractivity contribution in [1.82, 2.24) is 0 Å². The van der Waals surface area contributed by atoms with Gasteiger partial charge in [0.1, 0.15) is 0 Å². The Morgan fingerprint density at radius 3 is 1.35 bits per heavy atom. The maximum atomic E-state index is 11.6. The summed E-state index contributed by atoms with van der Waals surface area (Å²) in [5.41, 5.74) is 0. The fourth-order valence-electron chi connectivity index (χ4n) is 6.47. The van der Waals surface area contributed by atoms with Gasteiger partial charge in [-0.2, -0.15) is 23.5 Å². The van der Waals surface area contributed by atoms with E-state index in [1.807, 2.05) is 0 Å². The summed E-state index contributed by atoms with van der Waals surface area (Å²) in [7, 11) is 0. The van der Waals surface area contributed by atoms with E-state index in [0.717, 1.165) is 46.7 Å². The number of carbonyl (C=O) groups is 2. The Balaban J connectivity index is 1.55. The number of carbonyl (C=O) groups excluding carboxylic acids is 2. The standard InChI is InChI=1S/C30H48O2S8/c1-5-25(31)35-17-9-7-15-29(37-19-20-38-29)27(33-3)23-11-13-24(14-12-23)28(34-4)30(39-21-22-40-30)16-8-10-18-36-26(32)6-2/h5-6,23-24,27-28H,1-2,7-22H2,3-4H3. The van der Waals surface area contributed by atoms with Crippen LogP contribution in [0.15, 0.2) is 25.3 Å². The van der Waals surface area contributed by atoms with Crippen molar-refractivity contribution in [3.63, 3.8) is 0 Å². The van der Waals surface area contributed by atoms with E-state index in [0.29, 0.717) is 8.16 Å². The molecule has 0 aromatic carbocycles. The molecule has 3 rings (SSSR count). The highest BCUT2D eigenvalue weighted by atomic mass is 32.2. The first kappa shape index (κ1) is 36.1. The second-order valence-electron chi connectivity index (χ2n) is 10.7. The highest BCUT2D eigenvalue weighted by Gasteiger charge is 2.49. The average molecular weight is 697 g/mol. The van der Waals surface area contributed by atoms with Crippen molar-refractivity contribution in [2.75, 3.05) is 47.0 Å². The van der Waals surface area contributed by atoms with Gasteiger partial charge in [-0.25, -0.2) is 0 Å². The first-order valence-corrected chi connectivity index (χ1v) is 23.1. The van der Waals surface area contributed by atoms with E-state index in [1.54, 1.807) is 0 Å². The smallest absolute Gasteiger partial charge is 0.211 e. The van der Waals surface area contributed by atoms with Crippen molar-refractivity contribution < 1.29 is 9.59 Å². The predicted octanol–water partition coefficient (Wildman–Crippen LogP) is 9.84. The quantitative estimate of drug-likeness (QED) is 0.102. The molecule has 3 aliphatic rings. The van der Waals surface area contributed by atoms with Crippen molar-refractivity contribution in [3.05, 3.63) is 25.3 Å². The lowest BCUT2D eigenvalue weighted by atomic mass is 9.77. The van der Waals surface area contributed by atoms with Crippen molar-refractivity contribution in [3.8, 4) is 0 Å². The Morgan fingerprint density at radius 2 is 1.05 bits per heavy atom. The molecule has 1 aliphatic carbocycles. The summed E-state index contributed by atoms with van der Waals surface area (Å²) in [4.78, 5) is 23.2. The van der Waals surface area contributed by atoms with E-state index < -0.39 is 0 Å². The monoisotopic (exact) mass is 696 g/mol. The van der Waals surface area contributed by atoms with Crippen LogP contribution in [0.4, 0.5) is 0 Å². The zero-order valence-electron chi connectivity index (χ0n) is 24.3. The van der Waals surface area contributed by atoms with Gasteiger partial charge in [0.2, 0.25) is 10.2 Å². The van der Waals surface area contributed by atoms with Gasteiger partial charge in [0.25, 0.3) is 0 Å². The maximum absolute atomic E-state index is 11.6. The van der Waals surface area contributed by atoms with Crippen molar-refractivity contribution in [2.24, 2.45) is 11.8 Å². The van der Waals surface area contributed by atoms with Gasteiger partial charge in [0, 0.05) is 45.0 Å². The minimum Gasteiger partial charge on any atom is -0.282 e. The van der Waals surface area contributed by atoms with Crippen LogP contribution in [0.3, 0.4) is 0 Å². The molecule has 0 bridgehead atoms. The molecule has 3 fully saturated rings. The number of hydrogen-bond donors (Lipinski definition) is 0. The van der Waals surface area contributed by atoms with Crippen LogP contribution in [-0.2, 0) is 9.59 Å². The Bertz CT molecular complexity index is 736. The largest absolute Gasteiger partial charge is 0.282 e. The van der Waals surface area contributed by atoms with E-state index >= 15 is 0 Å². The lowest BCUT2D eigenvalue weighted by Crippen LogP contribution is -2.43. The van der Waals surface area contributed by atoms with Gasteiger partial charge >= 0.3 is 0 Å². The van der Waals surface area contributed by atoms with Crippen LogP contribution in [0, 0.1) is 11.8 Å². The van der Waals surface area contributed by atoms with Gasteiger partial charge in [-0.15, -0.1) is 47.0 Å². The zero-order chi connectivity index (χ0) is 28.8. The molecular formula is C30H48O2S8. The van der Waals surface area contributed by atoms with Crippen LogP contribution < -0.4 is 0 Å². The summed E-state index contributed by atoms with van der Waals surface area (Å²) >= 11 is 16.1. The summed E-state index contributed by atoms with van der Waals surface area (Å²) in [5, 5.41) is 1.66. The molecule has 10 heteroatoms. The molecule has 228 valence electrons. The highest BCUT2D eigenvalue weighted by Crippen LogP contribution is 2.59. The first-order chi connectivity index (χ1) is 19.4. The molecule has 0 N–H and O–H groups in total. The lowest BCUT2D eigenvalue weighted by Gasteiger charge is -2.46. The van der Waals surface area contributed by atoms with Crippen LogP contribution in [0.2, 0.25) is 0 Å². The third-order valence-corrected chi connectivity index (χ3v) is 20.7. The van der Waals surface area contributed by atoms with Crippen LogP contribution in [0.5, 0.6) is 0 Å². The minimum absolute atomic E-state index is 0.108. The molecule has 2 nitrogen and oxygen atoms in total. The number of rotatable bonds is 18. The summed E-state index contributed by atoms with van der Waals surface area (Å²) in [6.07, 6.45) is 20.4. The third-order valence-electron chi connectivity index (χ3n) is 8.26. The van der Waals surface area contributed by atoms with Crippen molar-refractivity contribution in [2.45, 2.75) is 82.9 Å². The second-order valence-corrected chi connectivity index (χ2v) is 21.0. The molecule has 0 amide bonds. The van der Waals surface area contributed by atoms with E-state index in [-0.39, 0.29) is 10.2 Å². The summed E-state index contributed by atoms with van der Waals surface area (Å²) < 4.78 is 0.707. The average Bonchev–Trinajstić information content (AvgIpc) is 3.65. The SMILES string of the molecule is C=CC(=O)SCCCCC1(C(SC)C2CCC(C(SC)C3(CCCCSC(=O)C=C)SCCS3)CC2)SCCS1. The molecule has 2 heterocycles. The molecule has 0 radical (unpaired) electrons. The van der Waals surface area contributed by atoms with Crippen LogP contribution in [0.25, 0.3) is 0 Å². The molecule has 2 aliphatic heterocycles. The van der Waals surface area contributed by atoms with E-state index in [1.165, 1.54) is 110 Å². The van der Waals surface area contributed by atoms with E-state index in [9.17, 15) is 9.59 Å². The van der Waals surface area contributed by atoms with E-state index in [2.05, 4.69) is 96.2 Å². The Kier molecular flexibility index (Phi) is 17.3. The fourth-order valence-corrected chi connectivity index (χ4v) is 19.0. The summed E-state index contributed by atoms with van der Waals surface area (Å²) in [6, 6.07) is 0. The van der Waals surface area contributed by atoms with Crippen LogP contribution >= 0.6 is 94.1 Å². The van der Waals surface area contributed by atoms with Gasteiger partial charge in [-0.1, -0.05) is 49.5 Å². The Morgan fingerprint density at radius 1 is 0.700 bits per heavy atom. The topological polar surface area (TPSA) is 34.1 Å². The summed E-state index contributed by atoms with van der Waals surface area (Å²) in [6.45, 7) is 7.20. The molecule has 0 aromatic rings. The van der Waals surface area contributed by atoms with Gasteiger partial charge < -0.3 is 0 Å². The van der Waals surface area contributed by atoms with Crippen LogP contribution in [0.1, 0.15) is 64.2 Å². The first-order valence-electron chi connectivity index (χ1n) is 14.6. The maximum Gasteiger partial charge on any atom is 0.211 e. The molecule has 40 heavy (non-hydrogen) atoms. The van der Waals surface area contributed by atoms with E-state index in [4.69, 9.17) is 0 Å². The van der Waals surface area contributed by atoms with Gasteiger partial charge in [0.05, 0.1) is 8.16 Å². The van der Waals surface area contributed by atoms with Gasteiger partial charge in [-0.05, 0) is 87.9 Å². The molecule has 0 spiro atoms. The number of hydrogen-bond acceptors (Lipinski definition) is 10. The predicted molar refractivity (Wildman–Crippen MR) is 198 cm³/mol. The Labute approximate surface area is 278 Å². The minimum atomic E-state index is 0.108. The number of unbranched alkanes of at least 4 members (excludes halogenated alkanes) is 2. The molecular weight excluding hydrogens is 649 g/mol. The lowest BCUT2D eigenvalue weighted by molar-refractivity contribution is -0.107. The normalized spacial score (nSPS) is 25.4. The molecule has 1 saturated carbocycles. The fraction of sp³-hybridized carbons (Fsp3) is 0.800. The van der Waals surface area contributed by atoms with Gasteiger partial charge in [-0.3, -0.25) is 9.59 Å². The molecule has 0 aromatic heterocycles. The van der Waals surface area contributed by atoms with Gasteiger partial charge in [0.15, 0.2) is 0 Å². The van der Waals surface area contributed by atoms with Crippen molar-refractivity contribution >= 4 is 104 Å². The second kappa shape index (κ2) is 19.2.